The van der Waals surface area contributed by atoms with E-state index in [9.17, 15) is 18.0 Å². The third-order valence-electron chi connectivity index (χ3n) is 4.01. The SMILES string of the molecule is C[C@H](NC(=O)c1cnc2ccccn2c1=O)c1ccc(S(C)(=O)=O)cc1. The molecule has 8 heteroatoms. The number of fused-ring (bicyclic) bond motifs is 1. The van der Waals surface area contributed by atoms with E-state index in [4.69, 9.17) is 0 Å². The number of amides is 1. The van der Waals surface area contributed by atoms with Crippen LogP contribution in [0.1, 0.15) is 28.9 Å². The lowest BCUT2D eigenvalue weighted by atomic mass is 10.1. The van der Waals surface area contributed by atoms with Crippen LogP contribution in [0.2, 0.25) is 0 Å². The molecule has 3 aromatic rings. The Labute approximate surface area is 150 Å². The van der Waals surface area contributed by atoms with E-state index < -0.39 is 27.3 Å². The fraction of sp³-hybridized carbons (Fsp3) is 0.167. The van der Waals surface area contributed by atoms with Crippen molar-refractivity contribution in [3.05, 3.63) is 76.3 Å². The van der Waals surface area contributed by atoms with Crippen LogP contribution in [0.4, 0.5) is 0 Å². The summed E-state index contributed by atoms with van der Waals surface area (Å²) in [4.78, 5) is 29.2. The second-order valence-electron chi connectivity index (χ2n) is 5.94. The molecular formula is C18H17N3O4S. The second-order valence-corrected chi connectivity index (χ2v) is 7.96. The number of rotatable bonds is 4. The largest absolute Gasteiger partial charge is 0.345 e. The summed E-state index contributed by atoms with van der Waals surface area (Å²) < 4.78 is 24.3. The van der Waals surface area contributed by atoms with Gasteiger partial charge in [-0.3, -0.25) is 14.0 Å². The van der Waals surface area contributed by atoms with Gasteiger partial charge < -0.3 is 5.32 Å². The maximum Gasteiger partial charge on any atom is 0.270 e. The summed E-state index contributed by atoms with van der Waals surface area (Å²) >= 11 is 0. The number of pyridine rings is 1. The van der Waals surface area contributed by atoms with Gasteiger partial charge in [0.25, 0.3) is 11.5 Å². The van der Waals surface area contributed by atoms with Crippen LogP contribution in [0.25, 0.3) is 5.65 Å². The Morgan fingerprint density at radius 3 is 2.50 bits per heavy atom. The lowest BCUT2D eigenvalue weighted by Gasteiger charge is -2.14. The third-order valence-corrected chi connectivity index (χ3v) is 5.14. The van der Waals surface area contributed by atoms with Gasteiger partial charge in [0.05, 0.1) is 10.9 Å². The van der Waals surface area contributed by atoms with Crippen molar-refractivity contribution >= 4 is 21.4 Å². The quantitative estimate of drug-likeness (QED) is 0.751. The molecule has 0 aliphatic heterocycles. The minimum absolute atomic E-state index is 0.0618. The average molecular weight is 371 g/mol. The normalized spacial score (nSPS) is 12.7. The maximum atomic E-state index is 12.5. The van der Waals surface area contributed by atoms with Crippen LogP contribution in [-0.4, -0.2) is 30.0 Å². The van der Waals surface area contributed by atoms with Crippen LogP contribution in [0.5, 0.6) is 0 Å². The Kier molecular flexibility index (Phi) is 4.60. The van der Waals surface area contributed by atoms with Gasteiger partial charge in [0.1, 0.15) is 11.2 Å². The molecule has 0 saturated carbocycles. The number of carbonyl (C=O) groups is 1. The van der Waals surface area contributed by atoms with Gasteiger partial charge >= 0.3 is 0 Å². The molecule has 2 aromatic heterocycles. The lowest BCUT2D eigenvalue weighted by molar-refractivity contribution is 0.0938. The Morgan fingerprint density at radius 2 is 1.85 bits per heavy atom. The molecule has 1 atom stereocenters. The van der Waals surface area contributed by atoms with Crippen molar-refractivity contribution in [1.29, 1.82) is 0 Å². The van der Waals surface area contributed by atoms with E-state index >= 15 is 0 Å². The molecule has 0 fully saturated rings. The Hall–Kier alpha value is -3.00. The van der Waals surface area contributed by atoms with Crippen LogP contribution in [-0.2, 0) is 9.84 Å². The highest BCUT2D eigenvalue weighted by atomic mass is 32.2. The Morgan fingerprint density at radius 1 is 1.15 bits per heavy atom. The van der Waals surface area contributed by atoms with Crippen molar-refractivity contribution in [2.24, 2.45) is 0 Å². The van der Waals surface area contributed by atoms with Gasteiger partial charge in [0.2, 0.25) is 0 Å². The summed E-state index contributed by atoms with van der Waals surface area (Å²) in [5.74, 6) is -0.541. The molecule has 1 N–H and O–H groups in total. The van der Waals surface area contributed by atoms with Crippen LogP contribution >= 0.6 is 0 Å². The zero-order valence-electron chi connectivity index (χ0n) is 14.2. The van der Waals surface area contributed by atoms with Gasteiger partial charge in [0.15, 0.2) is 9.84 Å². The number of sulfone groups is 1. The van der Waals surface area contributed by atoms with Crippen molar-refractivity contribution in [3.8, 4) is 0 Å². The predicted octanol–water partition coefficient (Wildman–Crippen LogP) is 1.59. The van der Waals surface area contributed by atoms with Gasteiger partial charge in [0, 0.05) is 18.6 Å². The van der Waals surface area contributed by atoms with E-state index in [1.807, 2.05) is 0 Å². The summed E-state index contributed by atoms with van der Waals surface area (Å²) in [6.45, 7) is 1.75. The summed E-state index contributed by atoms with van der Waals surface area (Å²) in [7, 11) is -3.28. The molecular weight excluding hydrogens is 354 g/mol. The summed E-state index contributed by atoms with van der Waals surface area (Å²) in [6.07, 6.45) is 3.94. The number of carbonyl (C=O) groups excluding carboxylic acids is 1. The van der Waals surface area contributed by atoms with E-state index in [1.165, 1.54) is 22.7 Å². The molecule has 0 radical (unpaired) electrons. The summed E-state index contributed by atoms with van der Waals surface area (Å²) in [5.41, 5.74) is 0.666. The molecule has 1 aromatic carbocycles. The van der Waals surface area contributed by atoms with Crippen LogP contribution in [0, 0.1) is 0 Å². The number of nitrogens with one attached hydrogen (secondary N) is 1. The van der Waals surface area contributed by atoms with E-state index in [0.717, 1.165) is 11.8 Å². The van der Waals surface area contributed by atoms with Crippen molar-refractivity contribution in [3.63, 3.8) is 0 Å². The Balaban J connectivity index is 1.84. The van der Waals surface area contributed by atoms with Crippen LogP contribution < -0.4 is 10.9 Å². The van der Waals surface area contributed by atoms with Gasteiger partial charge in [-0.05, 0) is 36.8 Å². The minimum Gasteiger partial charge on any atom is -0.345 e. The molecule has 0 aliphatic carbocycles. The average Bonchev–Trinajstić information content (AvgIpc) is 2.61. The molecule has 3 rings (SSSR count). The highest BCUT2D eigenvalue weighted by Gasteiger charge is 2.17. The standard InChI is InChI=1S/C18H17N3O4S/c1-12(13-6-8-14(9-7-13)26(2,24)25)20-17(22)15-11-19-16-5-3-4-10-21(16)18(15)23/h3-12H,1-2H3,(H,20,22)/t12-/m0/s1. The molecule has 7 nitrogen and oxygen atoms in total. The van der Waals surface area contributed by atoms with E-state index in [1.54, 1.807) is 43.5 Å². The molecule has 2 heterocycles. The smallest absolute Gasteiger partial charge is 0.270 e. The maximum absolute atomic E-state index is 12.5. The molecule has 1 amide bonds. The molecule has 0 spiro atoms. The predicted molar refractivity (Wildman–Crippen MR) is 96.9 cm³/mol. The second kappa shape index (κ2) is 6.72. The molecule has 26 heavy (non-hydrogen) atoms. The van der Waals surface area contributed by atoms with Crippen LogP contribution in [0.3, 0.4) is 0 Å². The van der Waals surface area contributed by atoms with Gasteiger partial charge in [-0.2, -0.15) is 0 Å². The minimum atomic E-state index is -3.28. The topological polar surface area (TPSA) is 97.6 Å². The zero-order valence-corrected chi connectivity index (χ0v) is 15.0. The number of benzene rings is 1. The fourth-order valence-electron chi connectivity index (χ4n) is 2.54. The molecule has 0 unspecified atom stereocenters. The number of hydrogen-bond acceptors (Lipinski definition) is 5. The molecule has 0 aliphatic rings. The van der Waals surface area contributed by atoms with E-state index in [0.29, 0.717) is 5.65 Å². The monoisotopic (exact) mass is 371 g/mol. The van der Waals surface area contributed by atoms with Crippen molar-refractivity contribution in [1.82, 2.24) is 14.7 Å². The zero-order chi connectivity index (χ0) is 18.9. The van der Waals surface area contributed by atoms with Gasteiger partial charge in [-0.15, -0.1) is 0 Å². The van der Waals surface area contributed by atoms with Gasteiger partial charge in [-0.25, -0.2) is 13.4 Å². The highest BCUT2D eigenvalue weighted by Crippen LogP contribution is 2.16. The van der Waals surface area contributed by atoms with Gasteiger partial charge in [-0.1, -0.05) is 18.2 Å². The first-order valence-corrected chi connectivity index (χ1v) is 9.74. The Bertz CT molecular complexity index is 1140. The molecule has 0 bridgehead atoms. The highest BCUT2D eigenvalue weighted by molar-refractivity contribution is 7.90. The van der Waals surface area contributed by atoms with Crippen LogP contribution in [0.15, 0.2) is 64.5 Å². The third kappa shape index (κ3) is 3.50. The summed E-state index contributed by atoms with van der Waals surface area (Å²) in [6, 6.07) is 10.9. The molecule has 134 valence electrons. The van der Waals surface area contributed by atoms with E-state index in [2.05, 4.69) is 10.3 Å². The lowest BCUT2D eigenvalue weighted by Crippen LogP contribution is -2.33. The first kappa shape index (κ1) is 17.8. The first-order chi connectivity index (χ1) is 12.3. The fourth-order valence-corrected chi connectivity index (χ4v) is 3.17. The van der Waals surface area contributed by atoms with Crippen molar-refractivity contribution in [2.45, 2.75) is 17.9 Å². The van der Waals surface area contributed by atoms with Crippen molar-refractivity contribution < 1.29 is 13.2 Å². The molecule has 0 saturated heterocycles. The number of aromatic nitrogens is 2. The number of nitrogens with zero attached hydrogens (tertiary/aromatic N) is 2. The van der Waals surface area contributed by atoms with E-state index in [-0.39, 0.29) is 10.5 Å². The van der Waals surface area contributed by atoms with Crippen molar-refractivity contribution in [2.75, 3.05) is 6.26 Å². The summed E-state index contributed by atoms with van der Waals surface area (Å²) in [5, 5.41) is 2.73. The first-order valence-electron chi connectivity index (χ1n) is 7.84. The number of hydrogen-bond donors (Lipinski definition) is 1.